The molecule has 0 bridgehead atoms. The maximum atomic E-state index is 12.4. The predicted octanol–water partition coefficient (Wildman–Crippen LogP) is 2.44. The third-order valence-corrected chi connectivity index (χ3v) is 9.12. The van der Waals surface area contributed by atoms with Crippen LogP contribution in [0.3, 0.4) is 0 Å². The van der Waals surface area contributed by atoms with Gasteiger partial charge in [0.15, 0.2) is 0 Å². The fourth-order valence-electron chi connectivity index (χ4n) is 4.62. The van der Waals surface area contributed by atoms with E-state index in [0.717, 1.165) is 0 Å². The normalized spacial score (nSPS) is 18.9. The number of esters is 1. The van der Waals surface area contributed by atoms with Gasteiger partial charge in [-0.2, -0.15) is 0 Å². The molecule has 0 aromatic rings. The number of unbranched alkanes of at least 4 members (excludes halogenated alkanes) is 1. The van der Waals surface area contributed by atoms with Gasteiger partial charge in [0.1, 0.15) is 17.7 Å². The van der Waals surface area contributed by atoms with Crippen LogP contribution in [0.1, 0.15) is 106 Å². The van der Waals surface area contributed by atoms with E-state index in [0.29, 0.717) is 45.3 Å². The zero-order valence-electron chi connectivity index (χ0n) is 29.9. The van der Waals surface area contributed by atoms with Crippen LogP contribution in [0.4, 0.5) is 4.79 Å². The molecule has 4 atom stereocenters. The Kier molecular flexibility index (Phi) is 16.9. The molecule has 1 fully saturated rings. The predicted molar refractivity (Wildman–Crippen MR) is 176 cm³/mol. The summed E-state index contributed by atoms with van der Waals surface area (Å²) >= 11 is 0. The molecule has 3 amide bonds. The van der Waals surface area contributed by atoms with Gasteiger partial charge >= 0.3 is 29.9 Å². The molecule has 16 nitrogen and oxygen atoms in total. The Morgan fingerprint density at radius 3 is 1.92 bits per heavy atom. The molecule has 1 rings (SSSR count). The monoisotopic (exact) mass is 703 g/mol. The summed E-state index contributed by atoms with van der Waals surface area (Å²) in [7, 11) is 0. The summed E-state index contributed by atoms with van der Waals surface area (Å²) in [5.41, 5.74) is -2.64. The van der Waals surface area contributed by atoms with Crippen LogP contribution < -0.4 is 16.0 Å². The Balaban J connectivity index is 2.25. The summed E-state index contributed by atoms with van der Waals surface area (Å²) in [6.45, 7) is 14.6. The summed E-state index contributed by atoms with van der Waals surface area (Å²) in [5.74, 6) is -5.10. The van der Waals surface area contributed by atoms with E-state index in [2.05, 4.69) is 16.0 Å². The fourth-order valence-corrected chi connectivity index (χ4v) is 4.62. The van der Waals surface area contributed by atoms with Crippen LogP contribution in [-0.4, -0.2) is 111 Å². The minimum Gasteiger partial charge on any atom is -0.481 e. The van der Waals surface area contributed by atoms with Crippen LogP contribution in [0.15, 0.2) is 0 Å². The number of nitrogens with one attached hydrogen (secondary N) is 3. The van der Waals surface area contributed by atoms with Crippen molar-refractivity contribution in [1.29, 1.82) is 0 Å². The quantitative estimate of drug-likeness (QED) is 0.0534. The van der Waals surface area contributed by atoms with Gasteiger partial charge in [0, 0.05) is 38.0 Å². The second kappa shape index (κ2) is 19.0. The minimum absolute atomic E-state index is 0.0275. The minimum atomic E-state index is -1.49. The first-order valence-electron chi connectivity index (χ1n) is 16.7. The summed E-state index contributed by atoms with van der Waals surface area (Å²) in [6.07, 6.45) is 1.71. The Hall–Kier alpha value is -3.50. The van der Waals surface area contributed by atoms with E-state index < -0.39 is 70.6 Å². The van der Waals surface area contributed by atoms with Crippen LogP contribution in [0, 0.1) is 11.3 Å². The highest BCUT2D eigenvalue weighted by Crippen LogP contribution is 2.46. The number of ether oxygens (including phenoxy) is 3. The number of urea groups is 1. The molecule has 0 aromatic carbocycles. The summed E-state index contributed by atoms with van der Waals surface area (Å²) < 4.78 is 17.5. The molecule has 0 radical (unpaired) electrons. The lowest BCUT2D eigenvalue weighted by Gasteiger charge is -2.41. The third kappa shape index (κ3) is 16.6. The standard InChI is InChI=1S/C33H57N3O13/c1-30(2,32(5,6)49-28(44)21-20-33(21,7)46)14-19-48-31(3,4)15-18-47-17-13-24(37)34-16-9-8-10-22(26(40)41)35-29(45)36-23(27(42)43)11-12-25(38)39/h21-23,46H,8-20H2,1-7H3,(H,34,37)(H,38,39)(H,40,41)(H,42,43)(H2,35,36,45)/t21?,22-,23-,33?/m0/s1. The van der Waals surface area contributed by atoms with Gasteiger partial charge in [-0.05, 0) is 79.6 Å². The molecule has 0 saturated heterocycles. The highest BCUT2D eigenvalue weighted by Gasteiger charge is 2.56. The molecular weight excluding hydrogens is 646 g/mol. The van der Waals surface area contributed by atoms with Gasteiger partial charge in [-0.15, -0.1) is 0 Å². The number of carboxylic acids is 3. The Bertz CT molecular complexity index is 1150. The van der Waals surface area contributed by atoms with Gasteiger partial charge in [-0.1, -0.05) is 13.8 Å². The molecule has 49 heavy (non-hydrogen) atoms. The molecule has 0 aromatic heterocycles. The number of carboxylic acid groups (broad SMARTS) is 3. The molecule has 7 N–H and O–H groups in total. The van der Waals surface area contributed by atoms with Gasteiger partial charge in [-0.25, -0.2) is 14.4 Å². The smallest absolute Gasteiger partial charge is 0.326 e. The number of aliphatic hydroxyl groups is 1. The van der Waals surface area contributed by atoms with Crippen LogP contribution in [0.25, 0.3) is 0 Å². The number of amides is 3. The second-order valence-corrected chi connectivity index (χ2v) is 14.6. The third-order valence-electron chi connectivity index (χ3n) is 9.12. The molecule has 1 aliphatic carbocycles. The van der Waals surface area contributed by atoms with Crippen molar-refractivity contribution in [3.05, 3.63) is 0 Å². The van der Waals surface area contributed by atoms with Gasteiger partial charge < -0.3 is 50.6 Å². The number of carbonyl (C=O) groups excluding carboxylic acids is 3. The van der Waals surface area contributed by atoms with Gasteiger partial charge in [0.2, 0.25) is 5.91 Å². The van der Waals surface area contributed by atoms with Crippen molar-refractivity contribution < 1.29 is 63.4 Å². The number of aliphatic carboxylic acids is 3. The van der Waals surface area contributed by atoms with Crippen molar-refractivity contribution in [2.45, 2.75) is 135 Å². The first-order valence-corrected chi connectivity index (χ1v) is 16.7. The number of carbonyl (C=O) groups is 6. The zero-order chi connectivity index (χ0) is 37.6. The van der Waals surface area contributed by atoms with Gasteiger partial charge in [0.05, 0.1) is 23.7 Å². The van der Waals surface area contributed by atoms with Crippen molar-refractivity contribution in [1.82, 2.24) is 16.0 Å². The molecule has 0 spiro atoms. The number of hydrogen-bond donors (Lipinski definition) is 7. The van der Waals surface area contributed by atoms with Crippen LogP contribution in [0.2, 0.25) is 0 Å². The number of hydrogen-bond acceptors (Lipinski definition) is 10. The fraction of sp³-hybridized carbons (Fsp3) is 0.818. The molecule has 1 aliphatic rings. The molecule has 1 saturated carbocycles. The maximum absolute atomic E-state index is 12.4. The van der Waals surface area contributed by atoms with E-state index in [4.69, 9.17) is 24.4 Å². The van der Waals surface area contributed by atoms with E-state index in [9.17, 15) is 39.0 Å². The van der Waals surface area contributed by atoms with E-state index >= 15 is 0 Å². The number of rotatable bonds is 25. The topological polar surface area (TPSA) is 247 Å². The lowest BCUT2D eigenvalue weighted by molar-refractivity contribution is -0.174. The van der Waals surface area contributed by atoms with Crippen molar-refractivity contribution in [3.63, 3.8) is 0 Å². The molecule has 0 aliphatic heterocycles. The van der Waals surface area contributed by atoms with Crippen molar-refractivity contribution in [3.8, 4) is 0 Å². The first-order chi connectivity index (χ1) is 22.5. The van der Waals surface area contributed by atoms with Crippen LogP contribution >= 0.6 is 0 Å². The van der Waals surface area contributed by atoms with E-state index in [1.54, 1.807) is 6.92 Å². The zero-order valence-corrected chi connectivity index (χ0v) is 29.9. The molecule has 2 unspecified atom stereocenters. The molecule has 0 heterocycles. The maximum Gasteiger partial charge on any atom is 0.326 e. The van der Waals surface area contributed by atoms with Crippen molar-refractivity contribution >= 4 is 35.8 Å². The van der Waals surface area contributed by atoms with Gasteiger partial charge in [-0.3, -0.25) is 14.4 Å². The summed E-state index contributed by atoms with van der Waals surface area (Å²) in [5, 5.41) is 44.2. The molecular formula is C33H57N3O13. The van der Waals surface area contributed by atoms with E-state index in [1.165, 1.54) is 0 Å². The van der Waals surface area contributed by atoms with Crippen LogP contribution in [-0.2, 0) is 38.2 Å². The summed E-state index contributed by atoms with van der Waals surface area (Å²) in [6, 6.07) is -3.83. The lowest BCUT2D eigenvalue weighted by Crippen LogP contribution is -2.51. The van der Waals surface area contributed by atoms with E-state index in [-0.39, 0.29) is 44.3 Å². The highest BCUT2D eigenvalue weighted by molar-refractivity contribution is 5.86. The average Bonchev–Trinajstić information content (AvgIpc) is 3.61. The van der Waals surface area contributed by atoms with Crippen molar-refractivity contribution in [2.75, 3.05) is 26.4 Å². The van der Waals surface area contributed by atoms with Crippen molar-refractivity contribution in [2.24, 2.45) is 11.3 Å². The van der Waals surface area contributed by atoms with Crippen LogP contribution in [0.5, 0.6) is 0 Å². The largest absolute Gasteiger partial charge is 0.481 e. The lowest BCUT2D eigenvalue weighted by atomic mass is 9.74. The Morgan fingerprint density at radius 2 is 1.39 bits per heavy atom. The molecule has 282 valence electrons. The highest BCUT2D eigenvalue weighted by atomic mass is 16.6. The second-order valence-electron chi connectivity index (χ2n) is 14.6. The Morgan fingerprint density at radius 1 is 0.816 bits per heavy atom. The summed E-state index contributed by atoms with van der Waals surface area (Å²) in [4.78, 5) is 70.1. The molecule has 16 heteroatoms. The Labute approximate surface area is 288 Å². The van der Waals surface area contributed by atoms with Gasteiger partial charge in [0.25, 0.3) is 0 Å². The SMILES string of the molecule is CC(C)(CCOCCC(=O)NCCCC[C@H](NC(=O)N[C@@H](CCC(=O)O)C(=O)O)C(=O)O)OCCC(C)(C)C(C)(C)OC(=O)C1CC1(C)O. The average molecular weight is 704 g/mol. The first kappa shape index (κ1) is 43.5. The van der Waals surface area contributed by atoms with E-state index in [1.807, 2.05) is 41.5 Å².